The Labute approximate surface area is 204 Å². The summed E-state index contributed by atoms with van der Waals surface area (Å²) >= 11 is 7.10. The van der Waals surface area contributed by atoms with Crippen LogP contribution in [-0.2, 0) is 5.41 Å². The lowest BCUT2D eigenvalue weighted by Crippen LogP contribution is -2.49. The lowest BCUT2D eigenvalue weighted by Gasteiger charge is -2.48. The third kappa shape index (κ3) is 4.97. The van der Waals surface area contributed by atoms with E-state index in [1.165, 1.54) is 0 Å². The van der Waals surface area contributed by atoms with Crippen LogP contribution in [-0.4, -0.2) is 31.1 Å². The number of rotatable bonds is 6. The van der Waals surface area contributed by atoms with Gasteiger partial charge in [0.1, 0.15) is 5.52 Å². The first-order valence-electron chi connectivity index (χ1n) is 11.8. The molecule has 0 bridgehead atoms. The minimum absolute atomic E-state index is 0.0187. The van der Waals surface area contributed by atoms with E-state index in [9.17, 15) is 5.11 Å². The van der Waals surface area contributed by atoms with E-state index in [0.29, 0.717) is 6.42 Å². The molecule has 3 aromatic rings. The van der Waals surface area contributed by atoms with Crippen LogP contribution < -0.4 is 0 Å². The van der Waals surface area contributed by atoms with Crippen molar-refractivity contribution in [3.05, 3.63) is 54.1 Å². The molecule has 5 heteroatoms. The van der Waals surface area contributed by atoms with Crippen molar-refractivity contribution in [3.8, 4) is 5.69 Å². The van der Waals surface area contributed by atoms with Gasteiger partial charge >= 0.3 is 0 Å². The molecule has 4 nitrogen and oxygen atoms in total. The first-order valence-corrected chi connectivity index (χ1v) is 12.2. The lowest BCUT2D eigenvalue weighted by molar-refractivity contribution is -0.0210. The van der Waals surface area contributed by atoms with Gasteiger partial charge in [-0.05, 0) is 53.9 Å². The van der Waals surface area contributed by atoms with Crippen LogP contribution in [0.5, 0.6) is 0 Å². The Morgan fingerprint density at radius 1 is 0.879 bits per heavy atom. The van der Waals surface area contributed by atoms with E-state index in [1.807, 2.05) is 41.1 Å². The summed E-state index contributed by atoms with van der Waals surface area (Å²) in [5.41, 5.74) is 2.99. The maximum Gasteiger partial charge on any atom is 0.113 e. The number of nitrogens with zero attached hydrogens (tertiary/aromatic N) is 3. The number of benzene rings is 2. The molecule has 33 heavy (non-hydrogen) atoms. The van der Waals surface area contributed by atoms with E-state index in [2.05, 4.69) is 84.8 Å². The maximum atomic E-state index is 12.0. The molecule has 1 N–H and O–H groups in total. The molecular weight excluding hydrogens is 430 g/mol. The van der Waals surface area contributed by atoms with Crippen molar-refractivity contribution in [2.24, 2.45) is 16.7 Å². The van der Waals surface area contributed by atoms with Crippen LogP contribution in [0.4, 0.5) is 0 Å². The predicted molar refractivity (Wildman–Crippen MR) is 139 cm³/mol. The van der Waals surface area contributed by atoms with Crippen LogP contribution in [0.1, 0.15) is 74.3 Å². The molecule has 0 aliphatic heterocycles. The van der Waals surface area contributed by atoms with Gasteiger partial charge in [-0.25, -0.2) is 4.68 Å². The molecule has 0 aliphatic rings. The van der Waals surface area contributed by atoms with E-state index < -0.39 is 16.4 Å². The fraction of sp³-hybridized carbons (Fsp3) is 0.571. The molecule has 180 valence electrons. The number of hydrogen-bond acceptors (Lipinski definition) is 3. The summed E-state index contributed by atoms with van der Waals surface area (Å²) in [5, 5.41) is 20.8. The zero-order valence-corrected chi connectivity index (χ0v) is 22.4. The Kier molecular flexibility index (Phi) is 6.78. The Hall–Kier alpha value is -1.91. The topological polar surface area (TPSA) is 50.9 Å². The maximum absolute atomic E-state index is 12.0. The summed E-state index contributed by atoms with van der Waals surface area (Å²) in [6.45, 7) is 19.4. The average Bonchev–Trinajstić information content (AvgIpc) is 3.14. The Balaban J connectivity index is 2.09. The number of alkyl halides is 1. The van der Waals surface area contributed by atoms with Crippen LogP contribution >= 0.6 is 11.6 Å². The van der Waals surface area contributed by atoms with Crippen LogP contribution in [0.15, 0.2) is 48.5 Å². The Bertz CT molecular complexity index is 1100. The second-order valence-electron chi connectivity index (χ2n) is 12.3. The standard InChI is InChI=1S/C28H40ClN3O/c1-25(2,3)20(18-28(9,29)26(4,5)6)24(33)27(7,8)19-14-10-12-16-22(19)32-23-17-13-11-15-21(23)30-31-32/h10-17,20,24,33H,18H2,1-9H3. The molecule has 3 rings (SSSR count). The van der Waals surface area contributed by atoms with E-state index in [1.54, 1.807) is 0 Å². The highest BCUT2D eigenvalue weighted by molar-refractivity contribution is 6.24. The van der Waals surface area contributed by atoms with Gasteiger partial charge in [-0.3, -0.25) is 0 Å². The number of aliphatic hydroxyl groups excluding tert-OH is 1. The van der Waals surface area contributed by atoms with Gasteiger partial charge in [-0.1, -0.05) is 90.9 Å². The summed E-state index contributed by atoms with van der Waals surface area (Å²) in [4.78, 5) is -0.455. The second-order valence-corrected chi connectivity index (χ2v) is 13.1. The second kappa shape index (κ2) is 8.70. The van der Waals surface area contributed by atoms with Gasteiger partial charge in [0.15, 0.2) is 0 Å². The molecule has 3 atom stereocenters. The quantitative estimate of drug-likeness (QED) is 0.390. The van der Waals surface area contributed by atoms with Gasteiger partial charge in [0.25, 0.3) is 0 Å². The van der Waals surface area contributed by atoms with Crippen molar-refractivity contribution < 1.29 is 5.11 Å². The molecule has 0 aliphatic carbocycles. The van der Waals surface area contributed by atoms with E-state index in [-0.39, 0.29) is 16.7 Å². The van der Waals surface area contributed by atoms with Gasteiger partial charge in [0.2, 0.25) is 0 Å². The molecule has 0 saturated carbocycles. The highest BCUT2D eigenvalue weighted by Gasteiger charge is 2.47. The van der Waals surface area contributed by atoms with Crippen molar-refractivity contribution in [2.45, 2.75) is 85.1 Å². The first-order chi connectivity index (χ1) is 15.1. The van der Waals surface area contributed by atoms with Gasteiger partial charge in [0.05, 0.1) is 17.3 Å². The SMILES string of the molecule is CC(C)(C)C(CC(C)(Cl)C(C)(C)C)C(O)C(C)(C)c1ccccc1-n1nnc2ccccc21. The molecule has 1 heterocycles. The minimum atomic E-state index is -0.617. The first kappa shape index (κ1) is 25.7. The van der Waals surface area contributed by atoms with Gasteiger partial charge in [-0.15, -0.1) is 16.7 Å². The highest BCUT2D eigenvalue weighted by Crippen LogP contribution is 2.49. The van der Waals surface area contributed by atoms with Gasteiger partial charge in [-0.2, -0.15) is 0 Å². The van der Waals surface area contributed by atoms with Crippen LogP contribution in [0.2, 0.25) is 0 Å². The van der Waals surface area contributed by atoms with Crippen molar-refractivity contribution in [2.75, 3.05) is 0 Å². The monoisotopic (exact) mass is 469 g/mol. The fourth-order valence-electron chi connectivity index (χ4n) is 4.52. The number of aromatic nitrogens is 3. The Morgan fingerprint density at radius 3 is 2.06 bits per heavy atom. The average molecular weight is 470 g/mol. The minimum Gasteiger partial charge on any atom is -0.392 e. The van der Waals surface area contributed by atoms with Crippen molar-refractivity contribution in [1.82, 2.24) is 15.0 Å². The van der Waals surface area contributed by atoms with Crippen LogP contribution in [0, 0.1) is 16.7 Å². The van der Waals surface area contributed by atoms with E-state index >= 15 is 0 Å². The smallest absolute Gasteiger partial charge is 0.113 e. The summed E-state index contributed by atoms with van der Waals surface area (Å²) in [6, 6.07) is 16.1. The molecule has 1 aromatic heterocycles. The molecule has 0 fully saturated rings. The predicted octanol–water partition coefficient (Wildman–Crippen LogP) is 7.16. The van der Waals surface area contributed by atoms with Crippen molar-refractivity contribution in [3.63, 3.8) is 0 Å². The van der Waals surface area contributed by atoms with E-state index in [4.69, 9.17) is 11.6 Å². The van der Waals surface area contributed by atoms with Crippen molar-refractivity contribution in [1.29, 1.82) is 0 Å². The van der Waals surface area contributed by atoms with E-state index in [0.717, 1.165) is 22.3 Å². The molecule has 0 radical (unpaired) electrons. The van der Waals surface area contributed by atoms with Crippen molar-refractivity contribution >= 4 is 22.6 Å². The number of para-hydroxylation sites is 2. The molecule has 3 unspecified atom stereocenters. The molecule has 0 amide bonds. The molecule has 2 aromatic carbocycles. The largest absolute Gasteiger partial charge is 0.392 e. The third-order valence-electron chi connectivity index (χ3n) is 7.58. The summed E-state index contributed by atoms with van der Waals surface area (Å²) in [7, 11) is 0. The number of hydrogen-bond donors (Lipinski definition) is 1. The lowest BCUT2D eigenvalue weighted by atomic mass is 9.62. The third-order valence-corrected chi connectivity index (χ3v) is 8.30. The summed E-state index contributed by atoms with van der Waals surface area (Å²) in [5.74, 6) is -0.0187. The normalized spacial score (nSPS) is 17.1. The number of halogens is 1. The van der Waals surface area contributed by atoms with Gasteiger partial charge < -0.3 is 5.11 Å². The zero-order chi connectivity index (χ0) is 24.8. The summed E-state index contributed by atoms with van der Waals surface area (Å²) in [6.07, 6.45) is 0.0921. The molecule has 0 spiro atoms. The molecular formula is C28H40ClN3O. The highest BCUT2D eigenvalue weighted by atomic mass is 35.5. The van der Waals surface area contributed by atoms with Crippen LogP contribution in [0.25, 0.3) is 16.7 Å². The van der Waals surface area contributed by atoms with Crippen LogP contribution in [0.3, 0.4) is 0 Å². The molecule has 0 saturated heterocycles. The zero-order valence-electron chi connectivity index (χ0n) is 21.6. The fourth-order valence-corrected chi connectivity index (χ4v) is 4.69. The van der Waals surface area contributed by atoms with Gasteiger partial charge in [0, 0.05) is 10.3 Å². The summed E-state index contributed by atoms with van der Waals surface area (Å²) < 4.78 is 1.88. The Morgan fingerprint density at radius 2 is 1.45 bits per heavy atom. The number of fused-ring (bicyclic) bond motifs is 1. The number of aliphatic hydroxyl groups is 1.